The number of carbonyl (C=O) groups is 1. The van der Waals surface area contributed by atoms with Crippen LogP contribution < -0.4 is 14.8 Å². The summed E-state index contributed by atoms with van der Waals surface area (Å²) in [4.78, 5) is 18.5. The van der Waals surface area contributed by atoms with E-state index in [0.717, 1.165) is 26.1 Å². The summed E-state index contributed by atoms with van der Waals surface area (Å²) < 4.78 is 15.8. The number of aromatic nitrogens is 1. The Bertz CT molecular complexity index is 510. The van der Waals surface area contributed by atoms with Gasteiger partial charge in [-0.15, -0.1) is 0 Å². The van der Waals surface area contributed by atoms with Crippen LogP contribution in [0.1, 0.15) is 16.8 Å². The number of hydrogen-bond donors (Lipinski definition) is 1. The minimum absolute atomic E-state index is 0.162. The molecule has 1 aromatic rings. The van der Waals surface area contributed by atoms with Gasteiger partial charge in [-0.3, -0.25) is 4.79 Å². The van der Waals surface area contributed by atoms with E-state index in [-0.39, 0.29) is 17.9 Å². The van der Waals surface area contributed by atoms with Crippen molar-refractivity contribution < 1.29 is 19.0 Å². The summed E-state index contributed by atoms with van der Waals surface area (Å²) in [7, 11) is 5.06. The number of ether oxygens (including phenoxy) is 3. The third-order valence-electron chi connectivity index (χ3n) is 3.58. The van der Waals surface area contributed by atoms with Crippen molar-refractivity contribution in [1.82, 2.24) is 15.2 Å². The number of likely N-dealkylation sites (N-methyl/N-ethyl adjacent to an activating group) is 1. The van der Waals surface area contributed by atoms with Crippen LogP contribution in [0.2, 0.25) is 0 Å². The van der Waals surface area contributed by atoms with Gasteiger partial charge in [-0.2, -0.15) is 4.98 Å². The minimum atomic E-state index is -0.212. The zero-order chi connectivity index (χ0) is 15.9. The quantitative estimate of drug-likeness (QED) is 0.827. The van der Waals surface area contributed by atoms with Crippen molar-refractivity contribution in [1.29, 1.82) is 0 Å². The van der Waals surface area contributed by atoms with Crippen molar-refractivity contribution in [3.8, 4) is 11.8 Å². The lowest BCUT2D eigenvalue weighted by Gasteiger charge is -2.30. The molecule has 7 heteroatoms. The van der Waals surface area contributed by atoms with Crippen molar-refractivity contribution >= 4 is 5.91 Å². The lowest BCUT2D eigenvalue weighted by Crippen LogP contribution is -2.41. The van der Waals surface area contributed by atoms with Gasteiger partial charge in [0, 0.05) is 25.7 Å². The molecule has 22 heavy (non-hydrogen) atoms. The maximum absolute atomic E-state index is 12.2. The van der Waals surface area contributed by atoms with Crippen molar-refractivity contribution in [2.24, 2.45) is 0 Å². The molecule has 1 fully saturated rings. The molecule has 0 spiro atoms. The maximum atomic E-state index is 12.2. The lowest BCUT2D eigenvalue weighted by molar-refractivity contribution is -0.0226. The first kappa shape index (κ1) is 16.5. The molecule has 1 aromatic heterocycles. The van der Waals surface area contributed by atoms with Gasteiger partial charge in [-0.05, 0) is 19.5 Å². The highest BCUT2D eigenvalue weighted by Gasteiger charge is 2.19. The van der Waals surface area contributed by atoms with Gasteiger partial charge in [0.1, 0.15) is 5.56 Å². The van der Waals surface area contributed by atoms with Gasteiger partial charge in [-0.25, -0.2) is 0 Å². The summed E-state index contributed by atoms with van der Waals surface area (Å²) in [5, 5.41) is 2.88. The van der Waals surface area contributed by atoms with Crippen molar-refractivity contribution in [2.75, 3.05) is 47.5 Å². The summed E-state index contributed by atoms with van der Waals surface area (Å²) in [6.45, 7) is 3.14. The highest BCUT2D eigenvalue weighted by molar-refractivity contribution is 5.96. The number of nitrogens with one attached hydrogen (secondary N) is 1. The van der Waals surface area contributed by atoms with Gasteiger partial charge in [-0.1, -0.05) is 0 Å². The highest BCUT2D eigenvalue weighted by atomic mass is 16.5. The molecule has 1 aliphatic rings. The number of hydrogen-bond acceptors (Lipinski definition) is 6. The second-order valence-electron chi connectivity index (χ2n) is 5.21. The van der Waals surface area contributed by atoms with Gasteiger partial charge < -0.3 is 24.4 Å². The molecule has 2 rings (SSSR count). The van der Waals surface area contributed by atoms with Gasteiger partial charge >= 0.3 is 0 Å². The second kappa shape index (κ2) is 7.95. The topological polar surface area (TPSA) is 72.9 Å². The first-order valence-electron chi connectivity index (χ1n) is 7.31. The summed E-state index contributed by atoms with van der Waals surface area (Å²) in [6, 6.07) is 3.28. The van der Waals surface area contributed by atoms with E-state index in [1.54, 1.807) is 12.1 Å². The fourth-order valence-corrected chi connectivity index (χ4v) is 2.35. The van der Waals surface area contributed by atoms with Crippen LogP contribution in [0.3, 0.4) is 0 Å². The first-order valence-corrected chi connectivity index (χ1v) is 7.31. The summed E-state index contributed by atoms with van der Waals surface area (Å²) in [5.74, 6) is 0.453. The van der Waals surface area contributed by atoms with E-state index in [2.05, 4.69) is 22.2 Å². The number of methoxy groups -OCH3 is 2. The van der Waals surface area contributed by atoms with E-state index in [4.69, 9.17) is 14.2 Å². The molecule has 1 aliphatic heterocycles. The Morgan fingerprint density at radius 1 is 1.45 bits per heavy atom. The maximum Gasteiger partial charge on any atom is 0.256 e. The van der Waals surface area contributed by atoms with Gasteiger partial charge in [0.15, 0.2) is 0 Å². The molecular weight excluding hydrogens is 286 g/mol. The Morgan fingerprint density at radius 3 is 2.95 bits per heavy atom. The van der Waals surface area contributed by atoms with Gasteiger partial charge in [0.25, 0.3) is 5.91 Å². The van der Waals surface area contributed by atoms with Crippen LogP contribution in [0.15, 0.2) is 12.1 Å². The predicted octanol–water partition coefficient (Wildman–Crippen LogP) is 0.549. The molecule has 2 heterocycles. The first-order chi connectivity index (χ1) is 10.6. The standard InChI is InChI=1S/C15H23N3O4/c1-18-8-9-22-11(10-18)6-7-16-14(19)12-4-5-13(20-2)17-15(12)21-3/h4-5,11H,6-10H2,1-3H3,(H,16,19)/t11-/m0/s1. The molecule has 1 atom stereocenters. The Balaban J connectivity index is 1.86. The van der Waals surface area contributed by atoms with Crippen molar-refractivity contribution in [2.45, 2.75) is 12.5 Å². The number of pyridine rings is 1. The Labute approximate surface area is 130 Å². The van der Waals surface area contributed by atoms with Crippen molar-refractivity contribution in [3.05, 3.63) is 17.7 Å². The summed E-state index contributed by atoms with van der Waals surface area (Å²) in [5.41, 5.74) is 0.394. The molecule has 0 aliphatic carbocycles. The smallest absolute Gasteiger partial charge is 0.256 e. The van der Waals surface area contributed by atoms with E-state index < -0.39 is 0 Å². The number of rotatable bonds is 6. The van der Waals surface area contributed by atoms with Crippen LogP contribution in [0, 0.1) is 0 Å². The van der Waals surface area contributed by atoms with Gasteiger partial charge in [0.05, 0.1) is 26.9 Å². The Hall–Kier alpha value is -1.86. The average Bonchev–Trinajstić information content (AvgIpc) is 2.54. The highest BCUT2D eigenvalue weighted by Crippen LogP contribution is 2.19. The molecule has 0 bridgehead atoms. The second-order valence-corrected chi connectivity index (χ2v) is 5.21. The number of amides is 1. The molecule has 1 N–H and O–H groups in total. The molecule has 122 valence electrons. The molecule has 0 radical (unpaired) electrons. The van der Waals surface area contributed by atoms with E-state index >= 15 is 0 Å². The van der Waals surface area contributed by atoms with E-state index in [0.29, 0.717) is 18.0 Å². The largest absolute Gasteiger partial charge is 0.481 e. The Morgan fingerprint density at radius 2 is 2.27 bits per heavy atom. The van der Waals surface area contributed by atoms with Crippen LogP contribution in [-0.4, -0.2) is 69.4 Å². The predicted molar refractivity (Wildman–Crippen MR) is 81.5 cm³/mol. The molecule has 1 saturated heterocycles. The number of carbonyl (C=O) groups excluding carboxylic acids is 1. The molecule has 7 nitrogen and oxygen atoms in total. The van der Waals surface area contributed by atoms with Crippen LogP contribution in [0.25, 0.3) is 0 Å². The fourth-order valence-electron chi connectivity index (χ4n) is 2.35. The van der Waals surface area contributed by atoms with Gasteiger partial charge in [0.2, 0.25) is 11.8 Å². The third kappa shape index (κ3) is 4.32. The molecule has 0 unspecified atom stereocenters. The molecule has 0 saturated carbocycles. The lowest BCUT2D eigenvalue weighted by atomic mass is 10.2. The Kier molecular flexibility index (Phi) is 5.97. The minimum Gasteiger partial charge on any atom is -0.481 e. The van der Waals surface area contributed by atoms with Crippen molar-refractivity contribution in [3.63, 3.8) is 0 Å². The number of nitrogens with zero attached hydrogens (tertiary/aromatic N) is 2. The normalized spacial score (nSPS) is 18.8. The summed E-state index contributed by atoms with van der Waals surface area (Å²) in [6.07, 6.45) is 0.942. The average molecular weight is 309 g/mol. The molecule has 0 aromatic carbocycles. The third-order valence-corrected chi connectivity index (χ3v) is 3.58. The SMILES string of the molecule is COc1ccc(C(=O)NCC[C@H]2CN(C)CCO2)c(OC)n1. The van der Waals surface area contributed by atoms with E-state index in [1.165, 1.54) is 14.2 Å². The van der Waals surface area contributed by atoms with Crippen LogP contribution >= 0.6 is 0 Å². The van der Waals surface area contributed by atoms with Crippen LogP contribution in [-0.2, 0) is 4.74 Å². The van der Waals surface area contributed by atoms with Crippen LogP contribution in [0.5, 0.6) is 11.8 Å². The molecule has 1 amide bonds. The zero-order valence-corrected chi connectivity index (χ0v) is 13.3. The zero-order valence-electron chi connectivity index (χ0n) is 13.3. The monoisotopic (exact) mass is 309 g/mol. The van der Waals surface area contributed by atoms with Crippen LogP contribution in [0.4, 0.5) is 0 Å². The van der Waals surface area contributed by atoms with E-state index in [9.17, 15) is 4.79 Å². The fraction of sp³-hybridized carbons (Fsp3) is 0.600. The number of morpholine rings is 1. The summed E-state index contributed by atoms with van der Waals surface area (Å²) >= 11 is 0. The van der Waals surface area contributed by atoms with E-state index in [1.807, 2.05) is 0 Å². The molecular formula is C15H23N3O4.